The van der Waals surface area contributed by atoms with Crippen LogP contribution in [0.5, 0.6) is 0 Å². The van der Waals surface area contributed by atoms with Crippen LogP contribution >= 0.6 is 0 Å². The summed E-state index contributed by atoms with van der Waals surface area (Å²) in [6, 6.07) is 80.5. The van der Waals surface area contributed by atoms with Crippen molar-refractivity contribution in [2.75, 3.05) is 4.90 Å². The maximum atomic E-state index is 2.42. The molecule has 1 aromatic heterocycles. The Kier molecular flexibility index (Phi) is 7.92. The zero-order chi connectivity index (χ0) is 40.7. The summed E-state index contributed by atoms with van der Waals surface area (Å²) < 4.78 is 2.39. The van der Waals surface area contributed by atoms with E-state index < -0.39 is 0 Å². The number of fused-ring (bicyclic) bond motifs is 9. The first-order chi connectivity index (χ1) is 30.0. The molecule has 1 aliphatic carbocycles. The Morgan fingerprint density at radius 1 is 0.344 bits per heavy atom. The van der Waals surface area contributed by atoms with E-state index in [0.717, 1.165) is 22.7 Å². The monoisotopic (exact) mass is 778 g/mol. The van der Waals surface area contributed by atoms with Gasteiger partial charge >= 0.3 is 0 Å². The van der Waals surface area contributed by atoms with Gasteiger partial charge < -0.3 is 9.47 Å². The third kappa shape index (κ3) is 5.56. The van der Waals surface area contributed by atoms with Crippen molar-refractivity contribution in [2.24, 2.45) is 0 Å². The summed E-state index contributed by atoms with van der Waals surface area (Å²) in [4.78, 5) is 2.41. The minimum absolute atomic E-state index is 0.0714. The average Bonchev–Trinajstić information content (AvgIpc) is 3.77. The van der Waals surface area contributed by atoms with Crippen molar-refractivity contribution < 1.29 is 0 Å². The lowest BCUT2D eigenvalue weighted by Gasteiger charge is -2.27. The van der Waals surface area contributed by atoms with Gasteiger partial charge in [0.15, 0.2) is 0 Å². The number of anilines is 3. The second kappa shape index (κ2) is 13.7. The second-order valence-electron chi connectivity index (χ2n) is 16.9. The smallest absolute Gasteiger partial charge is 0.0541 e. The summed E-state index contributed by atoms with van der Waals surface area (Å²) in [5.74, 6) is 0. The van der Waals surface area contributed by atoms with Crippen LogP contribution in [0.3, 0.4) is 0 Å². The van der Waals surface area contributed by atoms with Crippen LogP contribution in [0.15, 0.2) is 218 Å². The third-order valence-electron chi connectivity index (χ3n) is 13.2. The van der Waals surface area contributed by atoms with E-state index in [1.165, 1.54) is 87.9 Å². The zero-order valence-corrected chi connectivity index (χ0v) is 34.2. The highest BCUT2D eigenvalue weighted by molar-refractivity contribution is 6.12. The number of aromatic nitrogens is 1. The van der Waals surface area contributed by atoms with Crippen LogP contribution in [0.25, 0.3) is 82.4 Å². The predicted molar refractivity (Wildman–Crippen MR) is 259 cm³/mol. The summed E-state index contributed by atoms with van der Waals surface area (Å²) >= 11 is 0. The van der Waals surface area contributed by atoms with Crippen molar-refractivity contribution in [1.29, 1.82) is 0 Å². The molecule has 1 aliphatic rings. The zero-order valence-electron chi connectivity index (χ0n) is 34.2. The van der Waals surface area contributed by atoms with Crippen molar-refractivity contribution >= 4 is 60.4 Å². The molecule has 0 bridgehead atoms. The Hall–Kier alpha value is -7.68. The molecule has 11 aromatic rings. The van der Waals surface area contributed by atoms with Crippen molar-refractivity contribution in [3.8, 4) is 39.1 Å². The highest BCUT2D eigenvalue weighted by Gasteiger charge is 2.35. The summed E-state index contributed by atoms with van der Waals surface area (Å²) in [6.45, 7) is 4.71. The normalized spacial score (nSPS) is 12.9. The van der Waals surface area contributed by atoms with Gasteiger partial charge in [0.05, 0.1) is 11.0 Å². The number of benzene rings is 10. The fraction of sp³-hybridized carbons (Fsp3) is 0.0508. The molecule has 1 heterocycles. The molecule has 0 N–H and O–H groups in total. The Morgan fingerprint density at radius 2 is 0.918 bits per heavy atom. The fourth-order valence-corrected chi connectivity index (χ4v) is 10.2. The van der Waals surface area contributed by atoms with Crippen LogP contribution in [0, 0.1) is 0 Å². The van der Waals surface area contributed by atoms with Gasteiger partial charge in [-0.25, -0.2) is 0 Å². The maximum Gasteiger partial charge on any atom is 0.0541 e. The fourth-order valence-electron chi connectivity index (χ4n) is 10.2. The van der Waals surface area contributed by atoms with Gasteiger partial charge in [-0.15, -0.1) is 0 Å². The Morgan fingerprint density at radius 3 is 1.69 bits per heavy atom. The molecule has 0 atom stereocenters. The van der Waals surface area contributed by atoms with E-state index in [0.29, 0.717) is 0 Å². The van der Waals surface area contributed by atoms with Gasteiger partial charge in [-0.3, -0.25) is 0 Å². The quantitative estimate of drug-likeness (QED) is 0.153. The van der Waals surface area contributed by atoms with Gasteiger partial charge in [0.25, 0.3) is 0 Å². The number of hydrogen-bond donors (Lipinski definition) is 0. The van der Waals surface area contributed by atoms with E-state index in [1.807, 2.05) is 0 Å². The highest BCUT2D eigenvalue weighted by atomic mass is 15.1. The molecular formula is C59H42N2. The number of hydrogen-bond acceptors (Lipinski definition) is 1. The molecule has 0 fully saturated rings. The minimum atomic E-state index is -0.0714. The van der Waals surface area contributed by atoms with Crippen LogP contribution in [0.4, 0.5) is 17.1 Å². The highest BCUT2D eigenvalue weighted by Crippen LogP contribution is 2.50. The van der Waals surface area contributed by atoms with Gasteiger partial charge in [0, 0.05) is 38.9 Å². The summed E-state index contributed by atoms with van der Waals surface area (Å²) in [6.07, 6.45) is 0. The second-order valence-corrected chi connectivity index (χ2v) is 16.9. The molecular weight excluding hydrogens is 737 g/mol. The lowest BCUT2D eigenvalue weighted by Crippen LogP contribution is -2.14. The van der Waals surface area contributed by atoms with E-state index >= 15 is 0 Å². The van der Waals surface area contributed by atoms with Gasteiger partial charge in [0.2, 0.25) is 0 Å². The molecule has 0 amide bonds. The standard InChI is InChI=1S/C59H42N2/c1-59(2)55-25-8-5-20-51(55)52-35-29-41(38-56(52)59)40-15-11-17-45(36-40)60(43-30-32-44(33-31-43)61-57-26-9-6-21-53(57)54-22-7-10-27-58(54)61)46-18-12-16-42(37-46)48-23-13-24-49-47-19-4-3-14-39(47)28-34-50(48)49/h3-38H,1-2H3. The molecule has 2 heteroatoms. The largest absolute Gasteiger partial charge is 0.310 e. The van der Waals surface area contributed by atoms with Crippen LogP contribution < -0.4 is 4.90 Å². The molecule has 2 nitrogen and oxygen atoms in total. The van der Waals surface area contributed by atoms with Crippen molar-refractivity contribution in [2.45, 2.75) is 19.3 Å². The molecule has 0 saturated heterocycles. The molecule has 0 saturated carbocycles. The van der Waals surface area contributed by atoms with Crippen LogP contribution in [0.1, 0.15) is 25.0 Å². The van der Waals surface area contributed by atoms with E-state index in [1.54, 1.807) is 0 Å². The first-order valence-corrected chi connectivity index (χ1v) is 21.3. The first kappa shape index (κ1) is 35.3. The molecule has 288 valence electrons. The van der Waals surface area contributed by atoms with Gasteiger partial charge in [-0.1, -0.05) is 166 Å². The Labute approximate surface area is 356 Å². The molecule has 61 heavy (non-hydrogen) atoms. The molecule has 10 aromatic carbocycles. The summed E-state index contributed by atoms with van der Waals surface area (Å²) in [5.41, 5.74) is 17.0. The average molecular weight is 779 g/mol. The van der Waals surface area contributed by atoms with E-state index in [9.17, 15) is 0 Å². The first-order valence-electron chi connectivity index (χ1n) is 21.3. The Balaban J connectivity index is 1.01. The van der Waals surface area contributed by atoms with Gasteiger partial charge in [0.1, 0.15) is 0 Å². The lowest BCUT2D eigenvalue weighted by molar-refractivity contribution is 0.660. The van der Waals surface area contributed by atoms with Crippen LogP contribution in [0.2, 0.25) is 0 Å². The summed E-state index contributed by atoms with van der Waals surface area (Å²) in [5, 5.41) is 7.58. The lowest BCUT2D eigenvalue weighted by atomic mass is 9.81. The third-order valence-corrected chi connectivity index (χ3v) is 13.2. The van der Waals surface area contributed by atoms with Gasteiger partial charge in [-0.2, -0.15) is 0 Å². The maximum absolute atomic E-state index is 2.42. The molecule has 12 rings (SSSR count). The molecule has 0 aliphatic heterocycles. The number of nitrogens with zero attached hydrogens (tertiary/aromatic N) is 2. The van der Waals surface area contributed by atoms with Crippen molar-refractivity contribution in [3.05, 3.63) is 230 Å². The van der Waals surface area contributed by atoms with Gasteiger partial charge in [-0.05, 0) is 133 Å². The van der Waals surface area contributed by atoms with E-state index in [2.05, 4.69) is 242 Å². The van der Waals surface area contributed by atoms with Crippen molar-refractivity contribution in [1.82, 2.24) is 4.57 Å². The number of rotatable bonds is 6. The predicted octanol–water partition coefficient (Wildman–Crippen LogP) is 16.2. The topological polar surface area (TPSA) is 8.17 Å². The SMILES string of the molecule is CC1(C)c2ccccc2-c2ccc(-c3cccc(N(c4ccc(-n5c6ccccc6c6ccccc65)cc4)c4cccc(-c5cccc6c5ccc5ccccc56)c4)c3)cc21. The van der Waals surface area contributed by atoms with Crippen LogP contribution in [-0.4, -0.2) is 4.57 Å². The number of para-hydroxylation sites is 2. The van der Waals surface area contributed by atoms with E-state index in [4.69, 9.17) is 0 Å². The molecule has 0 unspecified atom stereocenters. The van der Waals surface area contributed by atoms with Crippen LogP contribution in [-0.2, 0) is 5.41 Å². The minimum Gasteiger partial charge on any atom is -0.310 e. The summed E-state index contributed by atoms with van der Waals surface area (Å²) in [7, 11) is 0. The Bertz CT molecular complexity index is 3460. The van der Waals surface area contributed by atoms with E-state index in [-0.39, 0.29) is 5.41 Å². The molecule has 0 spiro atoms. The molecule has 0 radical (unpaired) electrons. The van der Waals surface area contributed by atoms with Crippen molar-refractivity contribution in [3.63, 3.8) is 0 Å².